The number of non-ortho nitro benzene ring substituents is 1. The van der Waals surface area contributed by atoms with Crippen molar-refractivity contribution in [3.63, 3.8) is 0 Å². The number of hydrogen-bond acceptors (Lipinski definition) is 6. The maximum atomic E-state index is 12.5. The Labute approximate surface area is 157 Å². The summed E-state index contributed by atoms with van der Waals surface area (Å²) in [6.07, 6.45) is 0. The number of fused-ring (bicyclic) bond motifs is 1. The molecule has 0 aliphatic carbocycles. The van der Waals surface area contributed by atoms with E-state index < -0.39 is 4.92 Å². The minimum Gasteiger partial charge on any atom is -0.306 e. The molecule has 0 saturated heterocycles. The van der Waals surface area contributed by atoms with E-state index in [0.717, 1.165) is 15.9 Å². The summed E-state index contributed by atoms with van der Waals surface area (Å²) in [5, 5.41) is 18.6. The SMILES string of the molecule is Cc1cc(NC(=O)c2ccc([N+](=O)[O-])cc2)n(-c2nc3ccccc3s2)n1. The number of thiazole rings is 1. The van der Waals surface area contributed by atoms with E-state index in [-0.39, 0.29) is 11.6 Å². The van der Waals surface area contributed by atoms with Gasteiger partial charge in [0.25, 0.3) is 11.6 Å². The lowest BCUT2D eigenvalue weighted by molar-refractivity contribution is -0.384. The zero-order chi connectivity index (χ0) is 19.0. The van der Waals surface area contributed by atoms with Crippen molar-refractivity contribution >= 4 is 39.0 Å². The fourth-order valence-corrected chi connectivity index (χ4v) is 3.54. The first-order chi connectivity index (χ1) is 13.0. The lowest BCUT2D eigenvalue weighted by atomic mass is 10.2. The van der Waals surface area contributed by atoms with E-state index >= 15 is 0 Å². The van der Waals surface area contributed by atoms with Crippen molar-refractivity contribution in [1.29, 1.82) is 0 Å². The summed E-state index contributed by atoms with van der Waals surface area (Å²) in [5.74, 6) is 0.0991. The smallest absolute Gasteiger partial charge is 0.269 e. The predicted octanol–water partition coefficient (Wildman–Crippen LogP) is 3.95. The topological polar surface area (TPSA) is 103 Å². The molecule has 4 aromatic rings. The number of rotatable bonds is 4. The molecule has 0 spiro atoms. The third-order valence-electron chi connectivity index (χ3n) is 3.88. The van der Waals surface area contributed by atoms with Crippen molar-refractivity contribution in [3.05, 3.63) is 76.0 Å². The average Bonchev–Trinajstić information content (AvgIpc) is 3.24. The van der Waals surface area contributed by atoms with Crippen LogP contribution in [-0.4, -0.2) is 25.6 Å². The Kier molecular flexibility index (Phi) is 4.13. The molecular formula is C18H13N5O3S. The Hall–Kier alpha value is -3.59. The Morgan fingerprint density at radius 1 is 1.19 bits per heavy atom. The number of nitrogens with one attached hydrogen (secondary N) is 1. The van der Waals surface area contributed by atoms with Crippen LogP contribution < -0.4 is 5.32 Å². The molecule has 0 atom stereocenters. The largest absolute Gasteiger partial charge is 0.306 e. The van der Waals surface area contributed by atoms with Crippen molar-refractivity contribution in [2.24, 2.45) is 0 Å². The Bertz CT molecular complexity index is 1130. The van der Waals surface area contributed by atoms with Gasteiger partial charge in [0, 0.05) is 23.8 Å². The van der Waals surface area contributed by atoms with Gasteiger partial charge >= 0.3 is 0 Å². The molecule has 1 N–H and O–H groups in total. The fourth-order valence-electron chi connectivity index (χ4n) is 2.61. The normalized spacial score (nSPS) is 10.9. The number of carbonyl (C=O) groups is 1. The molecular weight excluding hydrogens is 366 g/mol. The lowest BCUT2D eigenvalue weighted by Crippen LogP contribution is -2.15. The van der Waals surface area contributed by atoms with Crippen molar-refractivity contribution in [3.8, 4) is 5.13 Å². The van der Waals surface area contributed by atoms with E-state index in [0.29, 0.717) is 16.5 Å². The molecule has 8 nitrogen and oxygen atoms in total. The van der Waals surface area contributed by atoms with Crippen LogP contribution in [0, 0.1) is 17.0 Å². The van der Waals surface area contributed by atoms with Gasteiger partial charge < -0.3 is 5.32 Å². The van der Waals surface area contributed by atoms with Gasteiger partial charge in [0.05, 0.1) is 20.8 Å². The van der Waals surface area contributed by atoms with Crippen LogP contribution in [0.1, 0.15) is 16.1 Å². The number of benzene rings is 2. The molecule has 0 unspecified atom stereocenters. The summed E-state index contributed by atoms with van der Waals surface area (Å²) in [6, 6.07) is 14.9. The highest BCUT2D eigenvalue weighted by Gasteiger charge is 2.16. The van der Waals surface area contributed by atoms with Gasteiger partial charge in [-0.2, -0.15) is 9.78 Å². The monoisotopic (exact) mass is 379 g/mol. The number of nitro groups is 1. The summed E-state index contributed by atoms with van der Waals surface area (Å²) in [5.41, 5.74) is 1.84. The number of carbonyl (C=O) groups excluding carboxylic acids is 1. The van der Waals surface area contributed by atoms with E-state index in [4.69, 9.17) is 0 Å². The number of nitrogens with zero attached hydrogens (tertiary/aromatic N) is 4. The maximum absolute atomic E-state index is 12.5. The summed E-state index contributed by atoms with van der Waals surface area (Å²) in [4.78, 5) is 27.3. The third kappa shape index (κ3) is 3.27. The zero-order valence-corrected chi connectivity index (χ0v) is 14.9. The molecule has 0 radical (unpaired) electrons. The van der Waals surface area contributed by atoms with Gasteiger partial charge in [0.1, 0.15) is 5.82 Å². The molecule has 0 aliphatic heterocycles. The Balaban J connectivity index is 1.64. The van der Waals surface area contributed by atoms with E-state index in [1.54, 1.807) is 10.7 Å². The first-order valence-electron chi connectivity index (χ1n) is 8.00. The Morgan fingerprint density at radius 3 is 2.63 bits per heavy atom. The first-order valence-corrected chi connectivity index (χ1v) is 8.81. The van der Waals surface area contributed by atoms with Crippen LogP contribution in [0.4, 0.5) is 11.5 Å². The highest BCUT2D eigenvalue weighted by atomic mass is 32.1. The molecule has 0 bridgehead atoms. The van der Waals surface area contributed by atoms with Gasteiger partial charge in [-0.1, -0.05) is 23.5 Å². The van der Waals surface area contributed by atoms with Crippen LogP contribution in [0.15, 0.2) is 54.6 Å². The van der Waals surface area contributed by atoms with Crippen molar-refractivity contribution in [2.45, 2.75) is 6.92 Å². The van der Waals surface area contributed by atoms with Crippen molar-refractivity contribution < 1.29 is 9.72 Å². The summed E-state index contributed by atoms with van der Waals surface area (Å²) < 4.78 is 2.61. The van der Waals surface area contributed by atoms with Gasteiger partial charge in [-0.25, -0.2) is 4.98 Å². The molecule has 0 saturated carbocycles. The number of aromatic nitrogens is 3. The van der Waals surface area contributed by atoms with E-state index in [1.807, 2.05) is 31.2 Å². The molecule has 0 fully saturated rings. The molecule has 1 amide bonds. The second-order valence-corrected chi connectivity index (χ2v) is 6.81. The quantitative estimate of drug-likeness (QED) is 0.427. The van der Waals surface area contributed by atoms with Gasteiger partial charge in [0.2, 0.25) is 5.13 Å². The van der Waals surface area contributed by atoms with Crippen molar-refractivity contribution in [1.82, 2.24) is 14.8 Å². The minimum atomic E-state index is -0.507. The molecule has 9 heteroatoms. The molecule has 27 heavy (non-hydrogen) atoms. The number of aryl methyl sites for hydroxylation is 1. The Morgan fingerprint density at radius 2 is 1.93 bits per heavy atom. The van der Waals surface area contributed by atoms with Gasteiger partial charge in [-0.05, 0) is 31.2 Å². The highest BCUT2D eigenvalue weighted by Crippen LogP contribution is 2.27. The highest BCUT2D eigenvalue weighted by molar-refractivity contribution is 7.20. The molecule has 0 aliphatic rings. The number of anilines is 1. The number of hydrogen-bond donors (Lipinski definition) is 1. The molecule has 4 rings (SSSR count). The average molecular weight is 379 g/mol. The predicted molar refractivity (Wildman–Crippen MR) is 103 cm³/mol. The number of para-hydroxylation sites is 1. The molecule has 2 aromatic carbocycles. The third-order valence-corrected chi connectivity index (χ3v) is 4.89. The first kappa shape index (κ1) is 16.9. The van der Waals surface area contributed by atoms with Gasteiger partial charge in [-0.15, -0.1) is 0 Å². The zero-order valence-electron chi connectivity index (χ0n) is 14.1. The molecule has 2 aromatic heterocycles. The standard InChI is InChI=1S/C18H13N5O3S/c1-11-10-16(20-17(24)12-6-8-13(9-7-12)23(25)26)22(21-11)18-19-14-4-2-3-5-15(14)27-18/h2-10H,1H3,(H,20,24). The van der Waals surface area contributed by atoms with Crippen LogP contribution in [0.2, 0.25) is 0 Å². The van der Waals surface area contributed by atoms with Crippen LogP contribution in [0.25, 0.3) is 15.3 Å². The fraction of sp³-hybridized carbons (Fsp3) is 0.0556. The summed E-state index contributed by atoms with van der Waals surface area (Å²) in [6.45, 7) is 1.82. The van der Waals surface area contributed by atoms with E-state index in [2.05, 4.69) is 15.4 Å². The van der Waals surface area contributed by atoms with Gasteiger partial charge in [-0.3, -0.25) is 14.9 Å². The van der Waals surface area contributed by atoms with Crippen LogP contribution in [0.3, 0.4) is 0 Å². The molecule has 134 valence electrons. The molecule has 2 heterocycles. The number of amides is 1. The second-order valence-electron chi connectivity index (χ2n) is 5.81. The van der Waals surface area contributed by atoms with Crippen LogP contribution in [-0.2, 0) is 0 Å². The van der Waals surface area contributed by atoms with E-state index in [1.165, 1.54) is 35.6 Å². The second kappa shape index (κ2) is 6.61. The van der Waals surface area contributed by atoms with Crippen molar-refractivity contribution in [2.75, 3.05) is 5.32 Å². The maximum Gasteiger partial charge on any atom is 0.269 e. The summed E-state index contributed by atoms with van der Waals surface area (Å²) in [7, 11) is 0. The summed E-state index contributed by atoms with van der Waals surface area (Å²) >= 11 is 1.47. The van der Waals surface area contributed by atoms with Crippen LogP contribution in [0.5, 0.6) is 0 Å². The minimum absolute atomic E-state index is 0.0677. The van der Waals surface area contributed by atoms with Gasteiger partial charge in [0.15, 0.2) is 0 Å². The number of nitro benzene ring substituents is 1. The van der Waals surface area contributed by atoms with E-state index in [9.17, 15) is 14.9 Å². The lowest BCUT2D eigenvalue weighted by Gasteiger charge is -2.06. The van der Waals surface area contributed by atoms with Crippen LogP contribution >= 0.6 is 11.3 Å².